The third kappa shape index (κ3) is 6.53. The van der Waals surface area contributed by atoms with E-state index in [9.17, 15) is 23.6 Å². The van der Waals surface area contributed by atoms with Gasteiger partial charge in [0.25, 0.3) is 5.91 Å². The maximum Gasteiger partial charge on any atom is 0.272 e. The number of hydrogen-bond acceptors (Lipinski definition) is 5. The van der Waals surface area contributed by atoms with Gasteiger partial charge in [0.2, 0.25) is 11.8 Å². The van der Waals surface area contributed by atoms with Crippen LogP contribution in [-0.4, -0.2) is 53.8 Å². The van der Waals surface area contributed by atoms with Crippen LogP contribution in [0.2, 0.25) is 0 Å². The lowest BCUT2D eigenvalue weighted by atomic mass is 9.91. The number of methoxy groups -OCH3 is 1. The number of benzene rings is 1. The zero-order chi connectivity index (χ0) is 23.8. The fraction of sp³-hybridized carbons (Fsp3) is 0.455. The Morgan fingerprint density at radius 3 is 2.56 bits per heavy atom. The molecule has 1 heterocycles. The number of carbonyl (C=O) groups is 4. The molecule has 0 saturated carbocycles. The van der Waals surface area contributed by atoms with Gasteiger partial charge >= 0.3 is 0 Å². The number of hydrazine groups is 1. The first kappa shape index (κ1) is 24.8. The third-order valence-electron chi connectivity index (χ3n) is 4.95. The fourth-order valence-corrected chi connectivity index (χ4v) is 3.40. The van der Waals surface area contributed by atoms with E-state index in [2.05, 4.69) is 10.4 Å². The molecule has 9 nitrogen and oxygen atoms in total. The summed E-state index contributed by atoms with van der Waals surface area (Å²) in [7, 11) is 1.54. The van der Waals surface area contributed by atoms with Gasteiger partial charge in [0.1, 0.15) is 5.75 Å². The number of carbonyl (C=O) groups excluding carboxylic acids is 4. The van der Waals surface area contributed by atoms with Gasteiger partial charge in [-0.3, -0.25) is 29.6 Å². The molecule has 32 heavy (non-hydrogen) atoms. The van der Waals surface area contributed by atoms with Crippen LogP contribution >= 0.6 is 0 Å². The van der Waals surface area contributed by atoms with Crippen molar-refractivity contribution in [2.45, 2.75) is 33.1 Å². The first-order valence-corrected chi connectivity index (χ1v) is 10.3. The minimum atomic E-state index is -1.34. The van der Waals surface area contributed by atoms with E-state index in [1.165, 1.54) is 7.11 Å². The summed E-state index contributed by atoms with van der Waals surface area (Å²) in [5, 5.41) is 1.48. The highest BCUT2D eigenvalue weighted by molar-refractivity contribution is 6.02. The Kier molecular flexibility index (Phi) is 8.74. The number of aromatic nitrogens is 1. The predicted molar refractivity (Wildman–Crippen MR) is 116 cm³/mol. The Morgan fingerprint density at radius 2 is 1.97 bits per heavy atom. The molecule has 2 aromatic rings. The topological polar surface area (TPSA) is 135 Å². The van der Waals surface area contributed by atoms with Crippen molar-refractivity contribution in [1.82, 2.24) is 15.4 Å². The summed E-state index contributed by atoms with van der Waals surface area (Å²) in [6.45, 7) is 2.20. The molecule has 2 rings (SSSR count). The van der Waals surface area contributed by atoms with Crippen LogP contribution < -0.4 is 15.9 Å². The number of Topliss-reactive ketones (excluding diaryl/α,β-unsaturated/α-hetero) is 1. The standard InChI is InChI=1S/C22H29FN4O5/c1-13(2)9-14(22(31)26-27(21(30)12-23)8-7-20(24)29)10-18(28)17-11-15-16(25-17)5-4-6-19(15)32-3/h4-6,11,13-14,25H,7-10,12H2,1-3H3,(H2,24,29)(H,26,31)/t14-/m1/s1. The summed E-state index contributed by atoms with van der Waals surface area (Å²) < 4.78 is 18.2. The Hall–Kier alpha value is -3.43. The summed E-state index contributed by atoms with van der Waals surface area (Å²) in [6, 6.07) is 7.06. The van der Waals surface area contributed by atoms with Crippen LogP contribution in [0.5, 0.6) is 5.75 Å². The number of aromatic amines is 1. The number of ether oxygens (including phenoxy) is 1. The van der Waals surface area contributed by atoms with Crippen LogP contribution in [0.4, 0.5) is 4.39 Å². The number of nitrogens with zero attached hydrogens (tertiary/aromatic N) is 1. The SMILES string of the molecule is COc1cccc2[nH]c(C(=O)C[C@@H](CC(C)C)C(=O)NN(CCC(N)=O)C(=O)CF)cc12. The van der Waals surface area contributed by atoms with Gasteiger partial charge in [-0.2, -0.15) is 0 Å². The molecule has 0 bridgehead atoms. The molecule has 1 atom stereocenters. The molecule has 0 fully saturated rings. The maximum atomic E-state index is 12.9. The molecular weight excluding hydrogens is 419 g/mol. The molecule has 0 radical (unpaired) electrons. The second kappa shape index (κ2) is 11.3. The summed E-state index contributed by atoms with van der Waals surface area (Å²) in [5.41, 5.74) is 8.48. The molecule has 0 spiro atoms. The fourth-order valence-electron chi connectivity index (χ4n) is 3.40. The van der Waals surface area contributed by atoms with E-state index >= 15 is 0 Å². The van der Waals surface area contributed by atoms with Crippen molar-refractivity contribution < 1.29 is 28.3 Å². The van der Waals surface area contributed by atoms with Gasteiger partial charge in [-0.25, -0.2) is 4.39 Å². The Balaban J connectivity index is 2.19. The van der Waals surface area contributed by atoms with Crippen molar-refractivity contribution in [2.24, 2.45) is 17.6 Å². The number of nitrogens with two attached hydrogens (primary N) is 1. The second-order valence-electron chi connectivity index (χ2n) is 7.93. The van der Waals surface area contributed by atoms with Crippen LogP contribution in [-0.2, 0) is 14.4 Å². The molecule has 0 saturated heterocycles. The van der Waals surface area contributed by atoms with Gasteiger partial charge in [-0.1, -0.05) is 19.9 Å². The van der Waals surface area contributed by atoms with Crippen LogP contribution in [0.3, 0.4) is 0 Å². The summed E-state index contributed by atoms with van der Waals surface area (Å²) in [5.74, 6) is -2.66. The van der Waals surface area contributed by atoms with Crippen LogP contribution in [0.25, 0.3) is 10.9 Å². The van der Waals surface area contributed by atoms with Crippen molar-refractivity contribution in [3.05, 3.63) is 30.0 Å². The molecular formula is C22H29FN4O5. The lowest BCUT2D eigenvalue weighted by Crippen LogP contribution is -2.50. The van der Waals surface area contributed by atoms with Gasteiger partial charge in [-0.15, -0.1) is 0 Å². The molecule has 1 aromatic carbocycles. The summed E-state index contributed by atoms with van der Waals surface area (Å²) in [4.78, 5) is 51.7. The zero-order valence-electron chi connectivity index (χ0n) is 18.4. The minimum absolute atomic E-state index is 0.0808. The number of H-pyrrole nitrogens is 1. The molecule has 0 aliphatic carbocycles. The number of ketones is 1. The average molecular weight is 448 g/mol. The van der Waals surface area contributed by atoms with Crippen molar-refractivity contribution in [2.75, 3.05) is 20.3 Å². The number of hydrogen-bond donors (Lipinski definition) is 3. The van der Waals surface area contributed by atoms with Crippen molar-refractivity contribution in [3.63, 3.8) is 0 Å². The normalized spacial score (nSPS) is 11.9. The highest BCUT2D eigenvalue weighted by Crippen LogP contribution is 2.27. The molecule has 0 aliphatic rings. The minimum Gasteiger partial charge on any atom is -0.496 e. The van der Waals surface area contributed by atoms with Gasteiger partial charge in [0.15, 0.2) is 12.5 Å². The number of alkyl halides is 1. The van der Waals surface area contributed by atoms with Crippen LogP contribution in [0, 0.1) is 11.8 Å². The lowest BCUT2D eigenvalue weighted by Gasteiger charge is -2.25. The molecule has 0 aliphatic heterocycles. The van der Waals surface area contributed by atoms with Gasteiger partial charge in [0, 0.05) is 29.7 Å². The number of fused-ring (bicyclic) bond motifs is 1. The first-order valence-electron chi connectivity index (χ1n) is 10.3. The number of rotatable bonds is 11. The highest BCUT2D eigenvalue weighted by atomic mass is 19.1. The van der Waals surface area contributed by atoms with Crippen molar-refractivity contribution in [3.8, 4) is 5.75 Å². The largest absolute Gasteiger partial charge is 0.496 e. The van der Waals surface area contributed by atoms with Crippen LogP contribution in [0.1, 0.15) is 43.6 Å². The smallest absolute Gasteiger partial charge is 0.272 e. The third-order valence-corrected chi connectivity index (χ3v) is 4.95. The van der Waals surface area contributed by atoms with E-state index in [4.69, 9.17) is 10.5 Å². The maximum absolute atomic E-state index is 12.9. The molecule has 1 aromatic heterocycles. The number of primary amides is 1. The average Bonchev–Trinajstić information content (AvgIpc) is 3.19. The quantitative estimate of drug-likeness (QED) is 0.357. The van der Waals surface area contributed by atoms with E-state index in [1.54, 1.807) is 18.2 Å². The number of nitrogens with one attached hydrogen (secondary N) is 2. The van der Waals surface area contributed by atoms with E-state index in [-0.39, 0.29) is 31.1 Å². The lowest BCUT2D eigenvalue weighted by molar-refractivity contribution is -0.144. The van der Waals surface area contributed by atoms with Gasteiger partial charge < -0.3 is 15.5 Å². The second-order valence-corrected chi connectivity index (χ2v) is 7.93. The van der Waals surface area contributed by atoms with Gasteiger partial charge in [0.05, 0.1) is 19.3 Å². The molecule has 3 amide bonds. The Labute approximate surface area is 185 Å². The first-order chi connectivity index (χ1) is 15.2. The Bertz CT molecular complexity index is 988. The molecule has 4 N–H and O–H groups in total. The zero-order valence-corrected chi connectivity index (χ0v) is 18.4. The molecule has 10 heteroatoms. The van der Waals surface area contributed by atoms with Gasteiger partial charge in [-0.05, 0) is 30.5 Å². The van der Waals surface area contributed by atoms with Crippen molar-refractivity contribution >= 4 is 34.4 Å². The van der Waals surface area contributed by atoms with E-state index in [0.29, 0.717) is 17.9 Å². The number of halogens is 1. The van der Waals surface area contributed by atoms with E-state index in [1.807, 2.05) is 19.9 Å². The predicted octanol–water partition coefficient (Wildman–Crippen LogP) is 2.12. The Morgan fingerprint density at radius 1 is 1.25 bits per heavy atom. The van der Waals surface area contributed by atoms with E-state index < -0.39 is 30.3 Å². The highest BCUT2D eigenvalue weighted by Gasteiger charge is 2.27. The molecule has 0 unspecified atom stereocenters. The van der Waals surface area contributed by atoms with Crippen molar-refractivity contribution in [1.29, 1.82) is 0 Å². The van der Waals surface area contributed by atoms with Crippen LogP contribution in [0.15, 0.2) is 24.3 Å². The molecule has 174 valence electrons. The number of amides is 3. The summed E-state index contributed by atoms with van der Waals surface area (Å²) >= 11 is 0. The monoisotopic (exact) mass is 448 g/mol. The summed E-state index contributed by atoms with van der Waals surface area (Å²) in [6.07, 6.45) is 0.0118. The van der Waals surface area contributed by atoms with E-state index in [0.717, 1.165) is 15.9 Å².